The van der Waals surface area contributed by atoms with Gasteiger partial charge in [-0.25, -0.2) is 0 Å². The molecular formula is C23H26O5. The quantitative estimate of drug-likeness (QED) is 0.591. The first-order valence-electron chi connectivity index (χ1n) is 9.87. The number of unbranched alkanes of at least 4 members (excludes halogenated alkanes) is 1. The van der Waals surface area contributed by atoms with Crippen LogP contribution in [0.15, 0.2) is 36.4 Å². The van der Waals surface area contributed by atoms with Crippen molar-refractivity contribution in [3.63, 3.8) is 0 Å². The Balaban J connectivity index is 1.93. The highest BCUT2D eigenvalue weighted by Gasteiger charge is 2.24. The van der Waals surface area contributed by atoms with Gasteiger partial charge < -0.3 is 14.6 Å². The number of rotatable bonds is 10. The van der Waals surface area contributed by atoms with Gasteiger partial charge in [-0.3, -0.25) is 9.59 Å². The number of carboxylic acid groups (broad SMARTS) is 1. The molecule has 1 aliphatic rings. The van der Waals surface area contributed by atoms with Crippen molar-refractivity contribution in [2.45, 2.75) is 45.4 Å². The highest BCUT2D eigenvalue weighted by atomic mass is 16.5. The SMILES string of the molecule is CCCCOc1ccccc1-c1cc2c(cc1OCCCC(=O)O)C(=O)CC2. The maximum absolute atomic E-state index is 12.2. The van der Waals surface area contributed by atoms with E-state index in [-0.39, 0.29) is 18.8 Å². The van der Waals surface area contributed by atoms with E-state index in [0.29, 0.717) is 30.8 Å². The number of hydrogen-bond donors (Lipinski definition) is 1. The van der Waals surface area contributed by atoms with Gasteiger partial charge in [0.05, 0.1) is 13.2 Å². The highest BCUT2D eigenvalue weighted by Crippen LogP contribution is 2.40. The minimum Gasteiger partial charge on any atom is -0.493 e. The number of carboxylic acids is 1. The van der Waals surface area contributed by atoms with Crippen molar-refractivity contribution in [2.24, 2.45) is 0 Å². The topological polar surface area (TPSA) is 72.8 Å². The standard InChI is InChI=1S/C23H26O5/c1-2-3-12-27-21-8-5-4-7-17(21)19-14-16-10-11-20(24)18(16)15-22(19)28-13-6-9-23(25)26/h4-5,7-8,14-15H,2-3,6,9-13H2,1H3,(H,25,26). The molecule has 5 heteroatoms. The van der Waals surface area contributed by atoms with Gasteiger partial charge in [0.15, 0.2) is 5.78 Å². The Bertz CT molecular complexity index is 856. The first-order valence-corrected chi connectivity index (χ1v) is 9.87. The molecule has 2 aromatic rings. The van der Waals surface area contributed by atoms with E-state index in [1.54, 1.807) is 0 Å². The predicted octanol–water partition coefficient (Wildman–Crippen LogP) is 4.91. The monoisotopic (exact) mass is 382 g/mol. The lowest BCUT2D eigenvalue weighted by molar-refractivity contribution is -0.137. The Hall–Kier alpha value is -2.82. The Kier molecular flexibility index (Phi) is 6.69. The van der Waals surface area contributed by atoms with Gasteiger partial charge in [-0.2, -0.15) is 0 Å². The third-order valence-corrected chi connectivity index (χ3v) is 4.85. The number of carbonyl (C=O) groups excluding carboxylic acids is 1. The Morgan fingerprint density at radius 3 is 2.50 bits per heavy atom. The number of para-hydroxylation sites is 1. The minimum atomic E-state index is -0.845. The summed E-state index contributed by atoms with van der Waals surface area (Å²) in [4.78, 5) is 22.9. The maximum atomic E-state index is 12.2. The van der Waals surface area contributed by atoms with Crippen molar-refractivity contribution in [2.75, 3.05) is 13.2 Å². The molecule has 0 aliphatic heterocycles. The zero-order valence-corrected chi connectivity index (χ0v) is 16.2. The number of aryl methyl sites for hydroxylation is 1. The summed E-state index contributed by atoms with van der Waals surface area (Å²) in [5.41, 5.74) is 3.55. The van der Waals surface area contributed by atoms with Gasteiger partial charge >= 0.3 is 5.97 Å². The van der Waals surface area contributed by atoms with Crippen molar-refractivity contribution in [3.05, 3.63) is 47.5 Å². The number of carbonyl (C=O) groups is 2. The van der Waals surface area contributed by atoms with Crippen LogP contribution >= 0.6 is 0 Å². The molecule has 0 amide bonds. The second-order valence-electron chi connectivity index (χ2n) is 6.97. The summed E-state index contributed by atoms with van der Waals surface area (Å²) in [6.45, 7) is 3.05. The molecule has 3 rings (SSSR count). The number of aliphatic carboxylic acids is 1. The van der Waals surface area contributed by atoms with E-state index in [4.69, 9.17) is 14.6 Å². The van der Waals surface area contributed by atoms with E-state index < -0.39 is 5.97 Å². The van der Waals surface area contributed by atoms with Gasteiger partial charge in [0.25, 0.3) is 0 Å². The molecule has 0 radical (unpaired) electrons. The van der Waals surface area contributed by atoms with Crippen LogP contribution in [0, 0.1) is 0 Å². The molecule has 0 atom stereocenters. The molecule has 148 valence electrons. The van der Waals surface area contributed by atoms with Gasteiger partial charge in [-0.1, -0.05) is 31.5 Å². The zero-order valence-electron chi connectivity index (χ0n) is 16.2. The Morgan fingerprint density at radius 1 is 0.964 bits per heavy atom. The fourth-order valence-electron chi connectivity index (χ4n) is 3.35. The number of benzene rings is 2. The number of hydrogen-bond acceptors (Lipinski definition) is 4. The molecule has 0 spiro atoms. The van der Waals surface area contributed by atoms with E-state index in [0.717, 1.165) is 41.7 Å². The normalized spacial score (nSPS) is 12.7. The molecular weight excluding hydrogens is 356 g/mol. The van der Waals surface area contributed by atoms with Gasteiger partial charge in [0.2, 0.25) is 0 Å². The van der Waals surface area contributed by atoms with E-state index in [2.05, 4.69) is 6.92 Å². The fourth-order valence-corrected chi connectivity index (χ4v) is 3.35. The predicted molar refractivity (Wildman–Crippen MR) is 107 cm³/mol. The molecule has 1 aliphatic carbocycles. The molecule has 0 saturated heterocycles. The third-order valence-electron chi connectivity index (χ3n) is 4.85. The first kappa shape index (κ1) is 19.9. The first-order chi connectivity index (χ1) is 13.6. The second-order valence-corrected chi connectivity index (χ2v) is 6.97. The minimum absolute atomic E-state index is 0.0515. The molecule has 0 bridgehead atoms. The number of ether oxygens (including phenoxy) is 2. The van der Waals surface area contributed by atoms with Crippen molar-refractivity contribution in [3.8, 4) is 22.6 Å². The van der Waals surface area contributed by atoms with Crippen LogP contribution < -0.4 is 9.47 Å². The molecule has 5 nitrogen and oxygen atoms in total. The molecule has 0 aromatic heterocycles. The van der Waals surface area contributed by atoms with Crippen molar-refractivity contribution < 1.29 is 24.2 Å². The van der Waals surface area contributed by atoms with Crippen LogP contribution in [0.2, 0.25) is 0 Å². The number of ketones is 1. The van der Waals surface area contributed by atoms with E-state index in [1.165, 1.54) is 0 Å². The average Bonchev–Trinajstić information content (AvgIpc) is 3.05. The summed E-state index contributed by atoms with van der Waals surface area (Å²) in [5.74, 6) is 0.675. The van der Waals surface area contributed by atoms with Crippen LogP contribution in [0.4, 0.5) is 0 Å². The summed E-state index contributed by atoms with van der Waals surface area (Å²) in [6, 6.07) is 11.7. The van der Waals surface area contributed by atoms with Gasteiger partial charge in [0.1, 0.15) is 11.5 Å². The molecule has 1 N–H and O–H groups in total. The van der Waals surface area contributed by atoms with Crippen LogP contribution in [-0.4, -0.2) is 30.1 Å². The smallest absolute Gasteiger partial charge is 0.303 e. The van der Waals surface area contributed by atoms with Crippen LogP contribution in [0.25, 0.3) is 11.1 Å². The molecule has 0 fully saturated rings. The van der Waals surface area contributed by atoms with Gasteiger partial charge in [-0.15, -0.1) is 0 Å². The van der Waals surface area contributed by atoms with Crippen molar-refractivity contribution >= 4 is 11.8 Å². The molecule has 2 aromatic carbocycles. The van der Waals surface area contributed by atoms with E-state index >= 15 is 0 Å². The zero-order chi connectivity index (χ0) is 19.9. The summed E-state index contributed by atoms with van der Waals surface area (Å²) in [5, 5.41) is 8.83. The van der Waals surface area contributed by atoms with Crippen molar-refractivity contribution in [1.29, 1.82) is 0 Å². The molecule has 0 saturated carbocycles. The Labute approximate surface area is 165 Å². The van der Waals surface area contributed by atoms with Crippen LogP contribution in [-0.2, 0) is 11.2 Å². The third kappa shape index (κ3) is 4.71. The molecule has 28 heavy (non-hydrogen) atoms. The number of Topliss-reactive ketones (excluding diaryl/α,β-unsaturated/α-hetero) is 1. The van der Waals surface area contributed by atoms with Crippen LogP contribution in [0.5, 0.6) is 11.5 Å². The van der Waals surface area contributed by atoms with E-state index in [9.17, 15) is 9.59 Å². The maximum Gasteiger partial charge on any atom is 0.303 e. The fraction of sp³-hybridized carbons (Fsp3) is 0.391. The largest absolute Gasteiger partial charge is 0.493 e. The summed E-state index contributed by atoms with van der Waals surface area (Å²) < 4.78 is 11.9. The van der Waals surface area contributed by atoms with Crippen LogP contribution in [0.1, 0.15) is 54.9 Å². The van der Waals surface area contributed by atoms with Gasteiger partial charge in [0, 0.05) is 29.5 Å². The highest BCUT2D eigenvalue weighted by molar-refractivity contribution is 6.02. The summed E-state index contributed by atoms with van der Waals surface area (Å²) >= 11 is 0. The van der Waals surface area contributed by atoms with E-state index in [1.807, 2.05) is 36.4 Å². The lowest BCUT2D eigenvalue weighted by Gasteiger charge is -2.17. The molecule has 0 heterocycles. The lowest BCUT2D eigenvalue weighted by Crippen LogP contribution is -2.05. The summed E-state index contributed by atoms with van der Waals surface area (Å²) in [6.07, 6.45) is 3.75. The molecule has 0 unspecified atom stereocenters. The van der Waals surface area contributed by atoms with Crippen LogP contribution in [0.3, 0.4) is 0 Å². The Morgan fingerprint density at radius 2 is 1.71 bits per heavy atom. The van der Waals surface area contributed by atoms with Crippen molar-refractivity contribution in [1.82, 2.24) is 0 Å². The van der Waals surface area contributed by atoms with Gasteiger partial charge in [-0.05, 0) is 43.0 Å². The summed E-state index contributed by atoms with van der Waals surface area (Å²) in [7, 11) is 0. The average molecular weight is 382 g/mol. The number of fused-ring (bicyclic) bond motifs is 1. The second kappa shape index (κ2) is 9.40. The lowest BCUT2D eigenvalue weighted by atomic mass is 9.98.